The van der Waals surface area contributed by atoms with Crippen LogP contribution in [-0.2, 0) is 12.3 Å². The number of methoxy groups -OCH3 is 1. The van der Waals surface area contributed by atoms with E-state index >= 15 is 0 Å². The van der Waals surface area contributed by atoms with Gasteiger partial charge in [-0.3, -0.25) is 9.59 Å². The Hall–Kier alpha value is -3.66. The van der Waals surface area contributed by atoms with Crippen molar-refractivity contribution in [2.45, 2.75) is 44.3 Å². The van der Waals surface area contributed by atoms with E-state index in [-0.39, 0.29) is 23.4 Å². The monoisotopic (exact) mass is 492 g/mol. The van der Waals surface area contributed by atoms with Crippen LogP contribution in [0.2, 0.25) is 0 Å². The minimum atomic E-state index is -0.329. The topological polar surface area (TPSA) is 115 Å². The Morgan fingerprint density at radius 1 is 1.14 bits per heavy atom. The van der Waals surface area contributed by atoms with Crippen molar-refractivity contribution < 1.29 is 9.53 Å². The van der Waals surface area contributed by atoms with Gasteiger partial charge in [-0.15, -0.1) is 10.2 Å². The molecule has 0 saturated heterocycles. The van der Waals surface area contributed by atoms with Crippen LogP contribution in [0.1, 0.15) is 48.8 Å². The van der Waals surface area contributed by atoms with Gasteiger partial charge in [-0.1, -0.05) is 37.7 Å². The molecule has 2 aromatic carbocycles. The molecule has 0 unspecified atom stereocenters. The first-order valence-corrected chi connectivity index (χ1v) is 12.4. The summed E-state index contributed by atoms with van der Waals surface area (Å²) < 4.78 is 7.16. The molecule has 0 spiro atoms. The minimum Gasteiger partial charge on any atom is -0.497 e. The number of carbonyl (C=O) groups excluding carboxylic acids is 1. The number of rotatable bonds is 9. The molecular formula is C25H28N6O3S. The first-order valence-electron chi connectivity index (χ1n) is 11.4. The molecule has 10 heteroatoms. The summed E-state index contributed by atoms with van der Waals surface area (Å²) in [6.07, 6.45) is 0. The van der Waals surface area contributed by atoms with Gasteiger partial charge in [-0.05, 0) is 49.2 Å². The fraction of sp³-hybridized carbons (Fsp3) is 0.320. The highest BCUT2D eigenvalue weighted by Gasteiger charge is 2.26. The summed E-state index contributed by atoms with van der Waals surface area (Å²) in [6, 6.07) is 13.9. The highest BCUT2D eigenvalue weighted by molar-refractivity contribution is 7.98. The van der Waals surface area contributed by atoms with Gasteiger partial charge in [0.15, 0.2) is 11.0 Å². The van der Waals surface area contributed by atoms with Gasteiger partial charge in [0, 0.05) is 12.1 Å². The number of nitrogens with zero attached hydrogens (tertiary/aromatic N) is 4. The Morgan fingerprint density at radius 3 is 2.57 bits per heavy atom. The first kappa shape index (κ1) is 24.5. The molecule has 1 amide bonds. The summed E-state index contributed by atoms with van der Waals surface area (Å²) in [4.78, 5) is 32.7. The van der Waals surface area contributed by atoms with Crippen LogP contribution in [0, 0.1) is 5.92 Å². The Kier molecular flexibility index (Phi) is 7.50. The average molecular weight is 493 g/mol. The molecule has 0 aliphatic rings. The van der Waals surface area contributed by atoms with Crippen molar-refractivity contribution in [1.82, 2.24) is 30.0 Å². The van der Waals surface area contributed by atoms with Crippen LogP contribution in [0.25, 0.3) is 10.9 Å². The van der Waals surface area contributed by atoms with Gasteiger partial charge in [0.05, 0.1) is 29.8 Å². The van der Waals surface area contributed by atoms with Crippen LogP contribution in [0.5, 0.6) is 5.75 Å². The van der Waals surface area contributed by atoms with E-state index in [1.807, 2.05) is 43.5 Å². The number of thioether (sulfide) groups is 1. The molecule has 0 aliphatic heterocycles. The minimum absolute atomic E-state index is 0.0862. The molecule has 2 aromatic heterocycles. The molecule has 0 aliphatic carbocycles. The zero-order valence-electron chi connectivity index (χ0n) is 20.1. The zero-order chi connectivity index (χ0) is 24.9. The number of H-pyrrole nitrogens is 1. The number of aromatic amines is 1. The lowest BCUT2D eigenvalue weighted by atomic mass is 10.0. The highest BCUT2D eigenvalue weighted by Crippen LogP contribution is 2.27. The summed E-state index contributed by atoms with van der Waals surface area (Å²) >= 11 is 1.44. The first-order chi connectivity index (χ1) is 16.9. The number of aromatic nitrogens is 5. The third-order valence-corrected chi connectivity index (χ3v) is 6.62. The fourth-order valence-electron chi connectivity index (χ4n) is 3.77. The standard InChI is InChI=1S/C25H28N6O3S/c1-5-31-22(21(15(2)3)28-23(32)16-10-12-17(34-4)13-11-16)29-30-25(31)35-14-20-26-19-9-7-6-8-18(19)24(33)27-20/h6-13,15,21H,5,14H2,1-4H3,(H,28,32)(H,26,27,33)/t21-/m0/s1. The summed E-state index contributed by atoms with van der Waals surface area (Å²) in [5.41, 5.74) is 1.04. The summed E-state index contributed by atoms with van der Waals surface area (Å²) in [5.74, 6) is 2.28. The largest absolute Gasteiger partial charge is 0.497 e. The number of benzene rings is 2. The zero-order valence-corrected chi connectivity index (χ0v) is 20.9. The second-order valence-electron chi connectivity index (χ2n) is 8.33. The van der Waals surface area contributed by atoms with E-state index in [0.29, 0.717) is 51.3 Å². The molecule has 4 rings (SSSR count). The van der Waals surface area contributed by atoms with E-state index in [2.05, 4.69) is 25.5 Å². The summed E-state index contributed by atoms with van der Waals surface area (Å²) in [5, 5.41) is 13.2. The fourth-order valence-corrected chi connectivity index (χ4v) is 4.65. The van der Waals surface area contributed by atoms with E-state index in [0.717, 1.165) is 0 Å². The van der Waals surface area contributed by atoms with Gasteiger partial charge in [0.25, 0.3) is 11.5 Å². The lowest BCUT2D eigenvalue weighted by molar-refractivity contribution is 0.0921. The van der Waals surface area contributed by atoms with Gasteiger partial charge in [0.2, 0.25) is 0 Å². The van der Waals surface area contributed by atoms with E-state index in [9.17, 15) is 9.59 Å². The van der Waals surface area contributed by atoms with Crippen LogP contribution in [0.3, 0.4) is 0 Å². The number of carbonyl (C=O) groups is 1. The van der Waals surface area contributed by atoms with E-state index in [1.165, 1.54) is 11.8 Å². The molecule has 9 nitrogen and oxygen atoms in total. The lowest BCUT2D eigenvalue weighted by Gasteiger charge is -2.22. The quantitative estimate of drug-likeness (QED) is 0.340. The molecular weight excluding hydrogens is 464 g/mol. The van der Waals surface area contributed by atoms with Gasteiger partial charge in [-0.25, -0.2) is 4.98 Å². The molecule has 0 bridgehead atoms. The number of para-hydroxylation sites is 1. The SMILES string of the molecule is CCn1c(SCc2nc3ccccc3c(=O)[nH]2)nnc1[C@@H](NC(=O)c1ccc(OC)cc1)C(C)C. The number of amides is 1. The maximum absolute atomic E-state index is 12.9. The van der Waals surface area contributed by atoms with Crippen LogP contribution in [-0.4, -0.2) is 37.7 Å². The maximum Gasteiger partial charge on any atom is 0.258 e. The molecule has 0 fully saturated rings. The molecule has 0 saturated carbocycles. The summed E-state index contributed by atoms with van der Waals surface area (Å²) in [6.45, 7) is 6.71. The van der Waals surface area contributed by atoms with Crippen LogP contribution < -0.4 is 15.6 Å². The maximum atomic E-state index is 12.9. The van der Waals surface area contributed by atoms with E-state index < -0.39 is 0 Å². The van der Waals surface area contributed by atoms with Crippen molar-refractivity contribution in [1.29, 1.82) is 0 Å². The second kappa shape index (κ2) is 10.7. The van der Waals surface area contributed by atoms with Gasteiger partial charge < -0.3 is 19.6 Å². The van der Waals surface area contributed by atoms with Crippen molar-refractivity contribution in [3.63, 3.8) is 0 Å². The van der Waals surface area contributed by atoms with E-state index in [1.54, 1.807) is 37.4 Å². The molecule has 1 atom stereocenters. The Bertz CT molecular complexity index is 1380. The van der Waals surface area contributed by atoms with Crippen molar-refractivity contribution in [3.8, 4) is 5.75 Å². The normalized spacial score (nSPS) is 12.1. The van der Waals surface area contributed by atoms with Crippen molar-refractivity contribution in [2.75, 3.05) is 7.11 Å². The highest BCUT2D eigenvalue weighted by atomic mass is 32.2. The number of nitrogens with one attached hydrogen (secondary N) is 2. The van der Waals surface area contributed by atoms with Crippen LogP contribution >= 0.6 is 11.8 Å². The number of hydrogen-bond acceptors (Lipinski definition) is 7. The third kappa shape index (κ3) is 5.37. The lowest BCUT2D eigenvalue weighted by Crippen LogP contribution is -2.33. The third-order valence-electron chi connectivity index (χ3n) is 5.65. The number of ether oxygens (including phenoxy) is 1. The van der Waals surface area contributed by atoms with Gasteiger partial charge in [-0.2, -0.15) is 0 Å². The predicted octanol–water partition coefficient (Wildman–Crippen LogP) is 3.96. The van der Waals surface area contributed by atoms with Crippen LogP contribution in [0.4, 0.5) is 0 Å². The molecule has 182 valence electrons. The molecule has 4 aromatic rings. The molecule has 2 N–H and O–H groups in total. The molecule has 0 radical (unpaired) electrons. The Labute approximate surface area is 207 Å². The predicted molar refractivity (Wildman–Crippen MR) is 136 cm³/mol. The van der Waals surface area contributed by atoms with Crippen molar-refractivity contribution in [3.05, 3.63) is 76.1 Å². The van der Waals surface area contributed by atoms with Gasteiger partial charge >= 0.3 is 0 Å². The van der Waals surface area contributed by atoms with Gasteiger partial charge in [0.1, 0.15) is 11.6 Å². The Balaban J connectivity index is 1.53. The van der Waals surface area contributed by atoms with Crippen molar-refractivity contribution >= 4 is 28.6 Å². The number of hydrogen-bond donors (Lipinski definition) is 2. The molecule has 35 heavy (non-hydrogen) atoms. The number of fused-ring (bicyclic) bond motifs is 1. The smallest absolute Gasteiger partial charge is 0.258 e. The Morgan fingerprint density at radius 2 is 1.89 bits per heavy atom. The second-order valence-corrected chi connectivity index (χ2v) is 9.27. The molecule has 2 heterocycles. The van der Waals surface area contributed by atoms with E-state index in [4.69, 9.17) is 4.74 Å². The van der Waals surface area contributed by atoms with Crippen molar-refractivity contribution in [2.24, 2.45) is 5.92 Å². The van der Waals surface area contributed by atoms with Crippen LogP contribution in [0.15, 0.2) is 58.5 Å². The summed E-state index contributed by atoms with van der Waals surface area (Å²) in [7, 11) is 1.59. The average Bonchev–Trinajstić information content (AvgIpc) is 3.28.